The molecule has 3 N–H and O–H groups in total. The highest BCUT2D eigenvalue weighted by Crippen LogP contribution is 2.31. The topological polar surface area (TPSA) is 95.9 Å². The van der Waals surface area contributed by atoms with E-state index in [1.54, 1.807) is 0 Å². The van der Waals surface area contributed by atoms with Gasteiger partial charge in [-0.1, -0.05) is 19.9 Å². The van der Waals surface area contributed by atoms with Crippen molar-refractivity contribution in [2.24, 2.45) is 0 Å². The Bertz CT molecular complexity index is 569. The highest BCUT2D eigenvalue weighted by molar-refractivity contribution is 5.89. The Hall–Kier alpha value is -2.55. The fourth-order valence-electron chi connectivity index (χ4n) is 1.42. The summed E-state index contributed by atoms with van der Waals surface area (Å²) in [5.74, 6) is -2.27. The number of rotatable bonds is 7. The molecule has 0 atom stereocenters. The fraction of sp³-hybridized carbons (Fsp3) is 0.375. The second kappa shape index (κ2) is 11.1. The summed E-state index contributed by atoms with van der Waals surface area (Å²) in [6.07, 6.45) is -3.21. The van der Waals surface area contributed by atoms with E-state index in [1.807, 2.05) is 13.8 Å². The van der Waals surface area contributed by atoms with Gasteiger partial charge in [0.25, 0.3) is 0 Å². The van der Waals surface area contributed by atoms with Crippen molar-refractivity contribution in [2.45, 2.75) is 26.1 Å². The monoisotopic (exact) mass is 363 g/mol. The summed E-state index contributed by atoms with van der Waals surface area (Å²) in [4.78, 5) is 19.1. The number of hydrogen-bond acceptors (Lipinski definition) is 4. The van der Waals surface area contributed by atoms with Gasteiger partial charge in [-0.05, 0) is 18.2 Å². The quantitative estimate of drug-likeness (QED) is 0.509. The average molecular weight is 363 g/mol. The highest BCUT2D eigenvalue weighted by atomic mass is 19.4. The van der Waals surface area contributed by atoms with E-state index in [2.05, 4.69) is 5.32 Å². The average Bonchev–Trinajstić information content (AvgIpc) is 2.49. The Morgan fingerprint density at radius 3 is 2.20 bits per heavy atom. The predicted molar refractivity (Wildman–Crippen MR) is 84.5 cm³/mol. The number of carboxylic acid groups (broad SMARTS) is 2. The van der Waals surface area contributed by atoms with Crippen molar-refractivity contribution in [3.63, 3.8) is 0 Å². The van der Waals surface area contributed by atoms with Crippen LogP contribution in [0, 0.1) is 0 Å². The lowest BCUT2D eigenvalue weighted by Crippen LogP contribution is -2.27. The van der Waals surface area contributed by atoms with Crippen LogP contribution in [0.25, 0.3) is 0 Å². The maximum Gasteiger partial charge on any atom is 0.416 e. The first-order valence-corrected chi connectivity index (χ1v) is 7.19. The third-order valence-corrected chi connectivity index (χ3v) is 2.45. The molecule has 1 aromatic carbocycles. The van der Waals surface area contributed by atoms with Crippen molar-refractivity contribution in [1.29, 1.82) is 0 Å². The molecule has 0 aliphatic rings. The van der Waals surface area contributed by atoms with Crippen LogP contribution in [0.1, 0.15) is 19.4 Å². The van der Waals surface area contributed by atoms with Gasteiger partial charge in [0, 0.05) is 24.7 Å². The molecule has 1 aromatic rings. The van der Waals surface area contributed by atoms with Crippen molar-refractivity contribution in [3.05, 3.63) is 42.0 Å². The molecule has 25 heavy (non-hydrogen) atoms. The number of ether oxygens (including phenoxy) is 1. The molecule has 0 saturated heterocycles. The third kappa shape index (κ3) is 12.5. The Morgan fingerprint density at radius 2 is 1.76 bits per heavy atom. The standard InChI is InChI=1S/C12H16F3NO.C4H4O4/c1-9(2)16-6-7-17-11-5-3-4-10(8-11)12(13,14)15;5-3(6)1-2-4(7)8/h3-5,8-9,16H,6-7H2,1-2H3;1-2H,(H,5,6)(H,7,8)/b;2-1-. The minimum Gasteiger partial charge on any atom is -0.492 e. The van der Waals surface area contributed by atoms with Crippen molar-refractivity contribution in [2.75, 3.05) is 13.2 Å². The lowest BCUT2D eigenvalue weighted by atomic mass is 10.2. The minimum atomic E-state index is -4.32. The van der Waals surface area contributed by atoms with Gasteiger partial charge in [-0.2, -0.15) is 13.2 Å². The van der Waals surface area contributed by atoms with Crippen molar-refractivity contribution in [1.82, 2.24) is 5.32 Å². The molecule has 0 amide bonds. The Labute approximate surface area is 142 Å². The van der Waals surface area contributed by atoms with E-state index in [0.29, 0.717) is 31.3 Å². The first kappa shape index (κ1) is 22.4. The van der Waals surface area contributed by atoms with Crippen LogP contribution in [-0.4, -0.2) is 41.3 Å². The van der Waals surface area contributed by atoms with Gasteiger partial charge in [0.15, 0.2) is 0 Å². The van der Waals surface area contributed by atoms with Gasteiger partial charge < -0.3 is 20.3 Å². The summed E-state index contributed by atoms with van der Waals surface area (Å²) in [6, 6.07) is 5.23. The number of alkyl halides is 3. The largest absolute Gasteiger partial charge is 0.492 e. The van der Waals surface area contributed by atoms with Crippen LogP contribution in [0.2, 0.25) is 0 Å². The molecule has 0 radical (unpaired) electrons. The molecule has 0 fully saturated rings. The van der Waals surface area contributed by atoms with E-state index in [1.165, 1.54) is 12.1 Å². The molecule has 140 valence electrons. The molecule has 0 heterocycles. The number of carbonyl (C=O) groups is 2. The SMILES string of the molecule is CC(C)NCCOc1cccc(C(F)(F)F)c1.O=C(O)/C=C\C(=O)O. The van der Waals surface area contributed by atoms with E-state index in [4.69, 9.17) is 14.9 Å². The van der Waals surface area contributed by atoms with Crippen molar-refractivity contribution >= 4 is 11.9 Å². The molecule has 0 aromatic heterocycles. The number of nitrogens with one attached hydrogen (secondary N) is 1. The van der Waals surface area contributed by atoms with E-state index < -0.39 is 23.7 Å². The second-order valence-corrected chi connectivity index (χ2v) is 4.99. The Morgan fingerprint density at radius 1 is 1.20 bits per heavy atom. The molecule has 0 saturated carbocycles. The van der Waals surface area contributed by atoms with Crippen LogP contribution in [0.3, 0.4) is 0 Å². The first-order valence-electron chi connectivity index (χ1n) is 7.19. The maximum atomic E-state index is 12.4. The number of hydrogen-bond donors (Lipinski definition) is 3. The molecule has 0 aliphatic heterocycles. The van der Waals surface area contributed by atoms with Gasteiger partial charge in [-0.15, -0.1) is 0 Å². The number of aliphatic carboxylic acids is 2. The van der Waals surface area contributed by atoms with Gasteiger partial charge in [-0.25, -0.2) is 9.59 Å². The Kier molecular flexibility index (Phi) is 9.95. The van der Waals surface area contributed by atoms with Gasteiger partial charge >= 0.3 is 18.1 Å². The van der Waals surface area contributed by atoms with Crippen LogP contribution >= 0.6 is 0 Å². The lowest BCUT2D eigenvalue weighted by molar-refractivity contribution is -0.137. The Balaban J connectivity index is 0.000000609. The van der Waals surface area contributed by atoms with E-state index in [9.17, 15) is 22.8 Å². The molecule has 0 unspecified atom stereocenters. The van der Waals surface area contributed by atoms with Crippen molar-refractivity contribution in [3.8, 4) is 5.75 Å². The molecule has 0 spiro atoms. The molecule has 1 rings (SSSR count). The summed E-state index contributed by atoms with van der Waals surface area (Å²) in [6.45, 7) is 4.93. The molecule has 6 nitrogen and oxygen atoms in total. The summed E-state index contributed by atoms with van der Waals surface area (Å²) in [5, 5.41) is 18.7. The molecule has 0 bridgehead atoms. The fourth-order valence-corrected chi connectivity index (χ4v) is 1.42. The second-order valence-electron chi connectivity index (χ2n) is 4.99. The van der Waals surface area contributed by atoms with Gasteiger partial charge in [-0.3, -0.25) is 0 Å². The zero-order chi connectivity index (χ0) is 19.5. The van der Waals surface area contributed by atoms with E-state index >= 15 is 0 Å². The maximum absolute atomic E-state index is 12.4. The summed E-state index contributed by atoms with van der Waals surface area (Å²) in [5.41, 5.74) is -0.688. The molecular formula is C16H20F3NO5. The third-order valence-electron chi connectivity index (χ3n) is 2.45. The van der Waals surface area contributed by atoms with Crippen LogP contribution in [0.5, 0.6) is 5.75 Å². The predicted octanol–water partition coefficient (Wildman–Crippen LogP) is 2.79. The van der Waals surface area contributed by atoms with E-state index in [-0.39, 0.29) is 5.75 Å². The number of benzene rings is 1. The van der Waals surface area contributed by atoms with Gasteiger partial charge in [0.1, 0.15) is 12.4 Å². The summed E-state index contributed by atoms with van der Waals surface area (Å²) in [7, 11) is 0. The van der Waals surface area contributed by atoms with Gasteiger partial charge in [0.05, 0.1) is 5.56 Å². The minimum absolute atomic E-state index is 0.241. The normalized spacial score (nSPS) is 11.1. The summed E-state index contributed by atoms with van der Waals surface area (Å²) >= 11 is 0. The zero-order valence-electron chi connectivity index (χ0n) is 13.7. The van der Waals surface area contributed by atoms with Gasteiger partial charge in [0.2, 0.25) is 0 Å². The number of carboxylic acids is 2. The lowest BCUT2D eigenvalue weighted by Gasteiger charge is -2.11. The first-order chi connectivity index (χ1) is 11.5. The van der Waals surface area contributed by atoms with Crippen LogP contribution in [-0.2, 0) is 15.8 Å². The summed E-state index contributed by atoms with van der Waals surface area (Å²) < 4.78 is 42.4. The number of halogens is 3. The smallest absolute Gasteiger partial charge is 0.416 e. The zero-order valence-corrected chi connectivity index (χ0v) is 13.7. The van der Waals surface area contributed by atoms with Crippen LogP contribution in [0.15, 0.2) is 36.4 Å². The van der Waals surface area contributed by atoms with Crippen LogP contribution < -0.4 is 10.1 Å². The van der Waals surface area contributed by atoms with E-state index in [0.717, 1.165) is 12.1 Å². The molecule has 9 heteroatoms. The van der Waals surface area contributed by atoms with Crippen molar-refractivity contribution < 1.29 is 37.7 Å². The highest BCUT2D eigenvalue weighted by Gasteiger charge is 2.30. The molecular weight excluding hydrogens is 343 g/mol. The molecule has 0 aliphatic carbocycles. The van der Waals surface area contributed by atoms with Crippen LogP contribution in [0.4, 0.5) is 13.2 Å².